The minimum Gasteiger partial charge on any atom is -0.468 e. The Kier molecular flexibility index (Phi) is 6.22. The van der Waals surface area contributed by atoms with E-state index in [-0.39, 0.29) is 22.8 Å². The van der Waals surface area contributed by atoms with Crippen LogP contribution < -0.4 is 0 Å². The number of ether oxygens (including phenoxy) is 1. The van der Waals surface area contributed by atoms with Gasteiger partial charge in [-0.15, -0.1) is 11.8 Å². The molecule has 2 rings (SSSR count). The van der Waals surface area contributed by atoms with Gasteiger partial charge in [-0.1, -0.05) is 60.7 Å². The monoisotopic (exact) mass is 314 g/mol. The number of rotatable bonds is 7. The molecule has 114 valence electrons. The number of carbonyl (C=O) groups excluding carboxylic acids is 2. The number of ketones is 1. The van der Waals surface area contributed by atoms with Gasteiger partial charge < -0.3 is 4.74 Å². The normalized spacial score (nSPS) is 11.7. The van der Waals surface area contributed by atoms with Crippen molar-refractivity contribution in [3.8, 4) is 0 Å². The highest BCUT2D eigenvalue weighted by molar-refractivity contribution is 8.00. The predicted molar refractivity (Wildman–Crippen MR) is 89.0 cm³/mol. The summed E-state index contributed by atoms with van der Waals surface area (Å²) >= 11 is 1.43. The standard InChI is InChI=1S/C18H18O3S/c1-21-18(20)13-22-17(15-10-6-3-7-11-15)12-16(19)14-8-4-2-5-9-14/h2-11,17H,12-13H2,1H3. The third kappa shape index (κ3) is 4.74. The molecule has 0 aliphatic heterocycles. The van der Waals surface area contributed by atoms with Gasteiger partial charge in [0.15, 0.2) is 5.78 Å². The van der Waals surface area contributed by atoms with Crippen LogP contribution in [0.25, 0.3) is 0 Å². The van der Waals surface area contributed by atoms with Gasteiger partial charge in [0.05, 0.1) is 12.9 Å². The summed E-state index contributed by atoms with van der Waals surface area (Å²) in [6.45, 7) is 0. The molecule has 1 unspecified atom stereocenters. The van der Waals surface area contributed by atoms with Crippen LogP contribution in [0, 0.1) is 0 Å². The molecule has 0 fully saturated rings. The third-order valence-corrected chi connectivity index (χ3v) is 4.51. The van der Waals surface area contributed by atoms with E-state index in [2.05, 4.69) is 4.74 Å². The lowest BCUT2D eigenvalue weighted by molar-refractivity contribution is -0.137. The molecule has 0 aliphatic carbocycles. The first-order chi connectivity index (χ1) is 10.7. The lowest BCUT2D eigenvalue weighted by atomic mass is 10.0. The zero-order valence-electron chi connectivity index (χ0n) is 12.4. The number of benzene rings is 2. The van der Waals surface area contributed by atoms with Crippen LogP contribution in [0.1, 0.15) is 27.6 Å². The Hall–Kier alpha value is -2.07. The van der Waals surface area contributed by atoms with Gasteiger partial charge in [-0.3, -0.25) is 9.59 Å². The number of methoxy groups -OCH3 is 1. The highest BCUT2D eigenvalue weighted by Gasteiger charge is 2.19. The van der Waals surface area contributed by atoms with Crippen molar-refractivity contribution in [3.63, 3.8) is 0 Å². The largest absolute Gasteiger partial charge is 0.468 e. The quantitative estimate of drug-likeness (QED) is 0.574. The molecule has 0 bridgehead atoms. The topological polar surface area (TPSA) is 43.4 Å². The Morgan fingerprint density at radius 1 is 1.00 bits per heavy atom. The van der Waals surface area contributed by atoms with Crippen molar-refractivity contribution in [2.45, 2.75) is 11.7 Å². The van der Waals surface area contributed by atoms with Crippen molar-refractivity contribution in [2.24, 2.45) is 0 Å². The van der Waals surface area contributed by atoms with Crippen LogP contribution in [-0.4, -0.2) is 24.6 Å². The van der Waals surface area contributed by atoms with E-state index < -0.39 is 0 Å². The molecule has 0 aliphatic rings. The summed E-state index contributed by atoms with van der Waals surface area (Å²) in [7, 11) is 1.37. The van der Waals surface area contributed by atoms with Crippen molar-refractivity contribution < 1.29 is 14.3 Å². The van der Waals surface area contributed by atoms with E-state index in [1.54, 1.807) is 0 Å². The van der Waals surface area contributed by atoms with E-state index >= 15 is 0 Å². The summed E-state index contributed by atoms with van der Waals surface area (Å²) in [4.78, 5) is 23.8. The van der Waals surface area contributed by atoms with Crippen molar-refractivity contribution in [3.05, 3.63) is 71.8 Å². The van der Waals surface area contributed by atoms with Gasteiger partial charge in [-0.25, -0.2) is 0 Å². The first-order valence-corrected chi connectivity index (χ1v) is 8.07. The Balaban J connectivity index is 2.10. The molecule has 3 nitrogen and oxygen atoms in total. The zero-order valence-corrected chi connectivity index (χ0v) is 13.2. The molecular formula is C18H18O3S. The first-order valence-electron chi connectivity index (χ1n) is 7.02. The summed E-state index contributed by atoms with van der Waals surface area (Å²) in [5, 5.41) is -0.0620. The average molecular weight is 314 g/mol. The number of esters is 1. The van der Waals surface area contributed by atoms with E-state index in [1.165, 1.54) is 18.9 Å². The summed E-state index contributed by atoms with van der Waals surface area (Å²) < 4.78 is 4.68. The summed E-state index contributed by atoms with van der Waals surface area (Å²) in [6, 6.07) is 19.0. The van der Waals surface area contributed by atoms with Crippen molar-refractivity contribution in [2.75, 3.05) is 12.9 Å². The van der Waals surface area contributed by atoms with Gasteiger partial charge in [-0.2, -0.15) is 0 Å². The van der Waals surface area contributed by atoms with E-state index in [9.17, 15) is 9.59 Å². The molecular weight excluding hydrogens is 296 g/mol. The molecule has 0 heterocycles. The van der Waals surface area contributed by atoms with E-state index in [0.29, 0.717) is 12.0 Å². The molecule has 0 radical (unpaired) electrons. The maximum Gasteiger partial charge on any atom is 0.315 e. The lowest BCUT2D eigenvalue weighted by Crippen LogP contribution is -2.09. The molecule has 0 saturated carbocycles. The summed E-state index contributed by atoms with van der Waals surface area (Å²) in [6.07, 6.45) is 0.357. The van der Waals surface area contributed by atoms with Crippen LogP contribution in [0.2, 0.25) is 0 Å². The Labute approximate surface area is 134 Å². The van der Waals surface area contributed by atoms with Crippen LogP contribution >= 0.6 is 11.8 Å². The molecule has 0 N–H and O–H groups in total. The average Bonchev–Trinajstić information content (AvgIpc) is 2.59. The van der Waals surface area contributed by atoms with E-state index in [1.807, 2.05) is 60.7 Å². The molecule has 0 saturated heterocycles. The first kappa shape index (κ1) is 16.3. The third-order valence-electron chi connectivity index (χ3n) is 3.27. The van der Waals surface area contributed by atoms with Crippen LogP contribution in [0.15, 0.2) is 60.7 Å². The maximum absolute atomic E-state index is 12.4. The Morgan fingerprint density at radius 3 is 2.18 bits per heavy atom. The zero-order chi connectivity index (χ0) is 15.8. The second-order valence-electron chi connectivity index (χ2n) is 4.78. The fraction of sp³-hybridized carbons (Fsp3) is 0.222. The Morgan fingerprint density at radius 2 is 1.59 bits per heavy atom. The second-order valence-corrected chi connectivity index (χ2v) is 5.97. The van der Waals surface area contributed by atoms with Gasteiger partial charge in [0.2, 0.25) is 0 Å². The predicted octanol–water partition coefficient (Wildman–Crippen LogP) is 3.91. The maximum atomic E-state index is 12.4. The minimum atomic E-state index is -0.280. The smallest absolute Gasteiger partial charge is 0.315 e. The Bertz CT molecular complexity index is 611. The molecule has 0 spiro atoms. The van der Waals surface area contributed by atoms with Crippen LogP contribution in [0.3, 0.4) is 0 Å². The van der Waals surface area contributed by atoms with Gasteiger partial charge >= 0.3 is 5.97 Å². The van der Waals surface area contributed by atoms with Crippen molar-refractivity contribution in [1.29, 1.82) is 0 Å². The molecule has 22 heavy (non-hydrogen) atoms. The number of hydrogen-bond acceptors (Lipinski definition) is 4. The van der Waals surface area contributed by atoms with Gasteiger partial charge in [0.25, 0.3) is 0 Å². The SMILES string of the molecule is COC(=O)CSC(CC(=O)c1ccccc1)c1ccccc1. The van der Waals surface area contributed by atoms with Crippen LogP contribution in [0.4, 0.5) is 0 Å². The molecule has 0 amide bonds. The summed E-state index contributed by atoms with van der Waals surface area (Å²) in [5.41, 5.74) is 1.74. The minimum absolute atomic E-state index is 0.0620. The molecule has 4 heteroatoms. The highest BCUT2D eigenvalue weighted by Crippen LogP contribution is 2.33. The van der Waals surface area contributed by atoms with E-state index in [4.69, 9.17) is 0 Å². The second kappa shape index (κ2) is 8.39. The van der Waals surface area contributed by atoms with Crippen molar-refractivity contribution >= 4 is 23.5 Å². The van der Waals surface area contributed by atoms with E-state index in [0.717, 1.165) is 5.56 Å². The number of hydrogen-bond donors (Lipinski definition) is 0. The lowest BCUT2D eigenvalue weighted by Gasteiger charge is -2.16. The number of carbonyl (C=O) groups is 2. The number of thioether (sulfide) groups is 1. The molecule has 2 aromatic carbocycles. The molecule has 0 aromatic heterocycles. The highest BCUT2D eigenvalue weighted by atomic mass is 32.2. The molecule has 2 aromatic rings. The van der Waals surface area contributed by atoms with Crippen LogP contribution in [-0.2, 0) is 9.53 Å². The number of Topliss-reactive ketones (excluding diaryl/α,β-unsaturated/α-hetero) is 1. The fourth-order valence-electron chi connectivity index (χ4n) is 2.08. The van der Waals surface area contributed by atoms with Crippen molar-refractivity contribution in [1.82, 2.24) is 0 Å². The van der Waals surface area contributed by atoms with Crippen LogP contribution in [0.5, 0.6) is 0 Å². The van der Waals surface area contributed by atoms with Gasteiger partial charge in [-0.05, 0) is 5.56 Å². The van der Waals surface area contributed by atoms with Gasteiger partial charge in [0.1, 0.15) is 0 Å². The fourth-order valence-corrected chi connectivity index (χ4v) is 3.15. The van der Waals surface area contributed by atoms with Gasteiger partial charge in [0, 0.05) is 17.2 Å². The summed E-state index contributed by atoms with van der Waals surface area (Å²) in [5.74, 6) is 0.0305. The molecule has 1 atom stereocenters.